The number of hydrogen-bond donors (Lipinski definition) is 2. The van der Waals surface area contributed by atoms with Crippen molar-refractivity contribution in [1.29, 1.82) is 0 Å². The first-order chi connectivity index (χ1) is 24.6. The molecular weight excluding hydrogens is 701 g/mol. The smallest absolute Gasteiger partial charge is 0.416 e. The molecule has 15 heteroatoms. The molecule has 3 atom stereocenters. The van der Waals surface area contributed by atoms with Crippen LogP contribution in [-0.4, -0.2) is 80.7 Å². The molecule has 3 amide bonds. The Bertz CT molecular complexity index is 1910. The van der Waals surface area contributed by atoms with Gasteiger partial charge in [0, 0.05) is 35.5 Å². The molecule has 1 aromatic carbocycles. The second kappa shape index (κ2) is 14.4. The molecule has 1 fully saturated rings. The van der Waals surface area contributed by atoms with Crippen LogP contribution in [0.15, 0.2) is 76.9 Å². The minimum atomic E-state index is -4.61. The van der Waals surface area contributed by atoms with Gasteiger partial charge in [0.15, 0.2) is 5.69 Å². The number of amides is 3. The number of pyridine rings is 1. The van der Waals surface area contributed by atoms with Gasteiger partial charge in [0.2, 0.25) is 5.91 Å². The number of nitrogens with one attached hydrogen (secondary N) is 1. The standard InChI is InChI=1S/C37H40ClF3N6O5/c1-21-19-36(12-9-22(2)45(15-13-36)35(51)32-29(48)6-5-14-42-32)31-33(21)46(20-30(49)43-28-8-7-26(18-27(28)38)37(39,40)41)24(4)47(34(31)50)44-23(3)25-10-16-52-17-11-25/h5-8,10,14,18,21-22,48H,4,9,11-13,15-17,19-20H2,1-3H3,(H,43,49)/b44-23+. The number of halogens is 4. The Morgan fingerprint density at radius 1 is 1.23 bits per heavy atom. The molecule has 0 radical (unpaired) electrons. The zero-order valence-corrected chi connectivity index (χ0v) is 29.9. The molecule has 276 valence electrons. The third-order valence-corrected chi connectivity index (χ3v) is 10.7. The van der Waals surface area contributed by atoms with Gasteiger partial charge >= 0.3 is 6.18 Å². The van der Waals surface area contributed by atoms with Crippen molar-refractivity contribution in [3.8, 4) is 5.75 Å². The topological polar surface area (TPSA) is 128 Å². The lowest BCUT2D eigenvalue weighted by Gasteiger charge is -2.40. The maximum absolute atomic E-state index is 14.7. The molecule has 3 unspecified atom stereocenters. The highest BCUT2D eigenvalue weighted by Gasteiger charge is 2.54. The number of anilines is 1. The van der Waals surface area contributed by atoms with Crippen molar-refractivity contribution in [2.75, 3.05) is 31.6 Å². The summed E-state index contributed by atoms with van der Waals surface area (Å²) < 4.78 is 45.2. The van der Waals surface area contributed by atoms with Gasteiger partial charge in [0.1, 0.15) is 18.1 Å². The maximum Gasteiger partial charge on any atom is 0.416 e. The molecule has 1 spiro atoms. The van der Waals surface area contributed by atoms with E-state index in [0.29, 0.717) is 62.3 Å². The summed E-state index contributed by atoms with van der Waals surface area (Å²) in [6.07, 6.45) is 1.45. The summed E-state index contributed by atoms with van der Waals surface area (Å²) in [6.45, 7) is 10.8. The normalized spacial score (nSPS) is 24.2. The summed E-state index contributed by atoms with van der Waals surface area (Å²) in [5.74, 6) is -1.63. The first-order valence-electron chi connectivity index (χ1n) is 17.1. The van der Waals surface area contributed by atoms with Crippen LogP contribution in [0.3, 0.4) is 0 Å². The Labute approximate surface area is 304 Å². The zero-order chi connectivity index (χ0) is 37.5. The van der Waals surface area contributed by atoms with Gasteiger partial charge in [-0.15, -0.1) is 0 Å². The van der Waals surface area contributed by atoms with Crippen molar-refractivity contribution in [2.24, 2.45) is 16.4 Å². The molecule has 1 saturated heterocycles. The lowest BCUT2D eigenvalue weighted by atomic mass is 9.73. The van der Waals surface area contributed by atoms with E-state index < -0.39 is 29.0 Å². The summed E-state index contributed by atoms with van der Waals surface area (Å²) in [4.78, 5) is 49.4. The molecule has 6 rings (SSSR count). The average molecular weight is 741 g/mol. The molecule has 11 nitrogen and oxygen atoms in total. The number of hydrogen-bond acceptors (Lipinski definition) is 8. The number of aromatic hydroxyl groups is 1. The van der Waals surface area contributed by atoms with Gasteiger partial charge in [-0.2, -0.15) is 23.3 Å². The van der Waals surface area contributed by atoms with Crippen molar-refractivity contribution < 1.29 is 37.4 Å². The fourth-order valence-corrected chi connectivity index (χ4v) is 7.99. The van der Waals surface area contributed by atoms with Crippen LogP contribution >= 0.6 is 11.6 Å². The number of alkyl halides is 3. The van der Waals surface area contributed by atoms with Gasteiger partial charge in [-0.05, 0) is 87.8 Å². The molecule has 0 saturated carbocycles. The summed E-state index contributed by atoms with van der Waals surface area (Å²) in [6, 6.07) is 5.42. The number of nitrogens with zero attached hydrogens (tertiary/aromatic N) is 5. The van der Waals surface area contributed by atoms with Crippen molar-refractivity contribution in [2.45, 2.75) is 65.1 Å². The fourth-order valence-electron chi connectivity index (χ4n) is 7.77. The van der Waals surface area contributed by atoms with E-state index in [0.717, 1.165) is 23.8 Å². The molecule has 4 aliphatic rings. The second-order valence-electron chi connectivity index (χ2n) is 13.8. The molecule has 1 aromatic heterocycles. The summed E-state index contributed by atoms with van der Waals surface area (Å²) in [5.41, 5.74) is 0.937. The molecule has 1 aliphatic carbocycles. The fraction of sp³-hybridized carbons (Fsp3) is 0.432. The van der Waals surface area contributed by atoms with Crippen LogP contribution in [0.5, 0.6) is 5.75 Å². The Kier molecular flexibility index (Phi) is 10.3. The summed E-state index contributed by atoms with van der Waals surface area (Å²) >= 11 is 6.16. The van der Waals surface area contributed by atoms with Gasteiger partial charge in [0.05, 0.1) is 35.2 Å². The van der Waals surface area contributed by atoms with Crippen molar-refractivity contribution >= 4 is 40.7 Å². The second-order valence-corrected chi connectivity index (χ2v) is 14.2. The van der Waals surface area contributed by atoms with Crippen LogP contribution in [0.2, 0.25) is 5.02 Å². The Morgan fingerprint density at radius 2 is 2.00 bits per heavy atom. The zero-order valence-electron chi connectivity index (χ0n) is 29.1. The Balaban J connectivity index is 1.36. The largest absolute Gasteiger partial charge is 0.505 e. The minimum absolute atomic E-state index is 0.00198. The first-order valence-corrected chi connectivity index (χ1v) is 17.5. The summed E-state index contributed by atoms with van der Waals surface area (Å²) in [7, 11) is 0. The maximum atomic E-state index is 14.7. The number of benzene rings is 1. The van der Waals surface area contributed by atoms with Crippen LogP contribution in [0, 0.1) is 11.3 Å². The first kappa shape index (κ1) is 37.1. The predicted octanol–water partition coefficient (Wildman–Crippen LogP) is 6.73. The van der Waals surface area contributed by atoms with Gasteiger partial charge in [-0.25, -0.2) is 4.98 Å². The molecule has 52 heavy (non-hydrogen) atoms. The molecule has 3 aliphatic heterocycles. The van der Waals surface area contributed by atoms with Crippen molar-refractivity contribution in [3.05, 3.63) is 88.1 Å². The Morgan fingerprint density at radius 3 is 2.67 bits per heavy atom. The number of carbonyl (C=O) groups is 3. The highest BCUT2D eigenvalue weighted by molar-refractivity contribution is 6.33. The number of likely N-dealkylation sites (tertiary alicyclic amines) is 1. The van der Waals surface area contributed by atoms with Crippen LogP contribution in [-0.2, 0) is 20.5 Å². The minimum Gasteiger partial charge on any atom is -0.505 e. The lowest BCUT2D eigenvalue weighted by molar-refractivity contribution is -0.137. The number of hydrazone groups is 1. The highest BCUT2D eigenvalue weighted by Crippen LogP contribution is 2.56. The number of rotatable bonds is 6. The van der Waals surface area contributed by atoms with E-state index in [1.807, 2.05) is 19.9 Å². The number of allylic oxidation sites excluding steroid dienone is 1. The van der Waals surface area contributed by atoms with E-state index in [-0.39, 0.29) is 58.9 Å². The van der Waals surface area contributed by atoms with Gasteiger partial charge in [0.25, 0.3) is 11.8 Å². The van der Waals surface area contributed by atoms with E-state index in [2.05, 4.69) is 16.9 Å². The third kappa shape index (κ3) is 7.05. The molecule has 2 N–H and O–H groups in total. The summed E-state index contributed by atoms with van der Waals surface area (Å²) in [5, 5.41) is 18.7. The Hall–Kier alpha value is -4.69. The predicted molar refractivity (Wildman–Crippen MR) is 188 cm³/mol. The SMILES string of the molecule is C=C1N(CC(=O)Nc2ccc(C(F)(F)F)cc2Cl)C2=C(C(=O)N1/N=C(\C)C1=CCOCC1)C1(CCC(C)N(C(=O)c3ncccc3O)CC1)CC2C. The molecule has 0 bridgehead atoms. The van der Waals surface area contributed by atoms with E-state index in [4.69, 9.17) is 21.4 Å². The van der Waals surface area contributed by atoms with Crippen LogP contribution in [0.25, 0.3) is 0 Å². The van der Waals surface area contributed by atoms with E-state index >= 15 is 0 Å². The van der Waals surface area contributed by atoms with Crippen LogP contribution in [0.1, 0.15) is 68.9 Å². The lowest BCUT2D eigenvalue weighted by Crippen LogP contribution is -2.47. The van der Waals surface area contributed by atoms with Crippen molar-refractivity contribution in [3.63, 3.8) is 0 Å². The van der Waals surface area contributed by atoms with Crippen LogP contribution < -0.4 is 5.32 Å². The van der Waals surface area contributed by atoms with Gasteiger partial charge in [-0.3, -0.25) is 14.4 Å². The number of fused-ring (bicyclic) bond motifs is 1. The molecule has 2 aromatic rings. The number of ether oxygens (including phenoxy) is 1. The third-order valence-electron chi connectivity index (χ3n) is 10.4. The van der Waals surface area contributed by atoms with E-state index in [1.165, 1.54) is 17.3 Å². The quantitative estimate of drug-likeness (QED) is 0.315. The van der Waals surface area contributed by atoms with Crippen LogP contribution in [0.4, 0.5) is 18.9 Å². The number of carbonyl (C=O) groups excluding carboxylic acids is 3. The highest BCUT2D eigenvalue weighted by atomic mass is 35.5. The molecule has 4 heterocycles. The van der Waals surface area contributed by atoms with E-state index in [9.17, 15) is 32.7 Å². The number of aromatic nitrogens is 1. The monoisotopic (exact) mass is 740 g/mol. The van der Waals surface area contributed by atoms with E-state index in [1.54, 1.807) is 22.8 Å². The van der Waals surface area contributed by atoms with Gasteiger partial charge in [-0.1, -0.05) is 31.2 Å². The van der Waals surface area contributed by atoms with Gasteiger partial charge < -0.3 is 25.0 Å². The molecular formula is C37H40ClF3N6O5. The average Bonchev–Trinajstić information content (AvgIpc) is 3.29. The van der Waals surface area contributed by atoms with Crippen molar-refractivity contribution in [1.82, 2.24) is 19.8 Å².